The van der Waals surface area contributed by atoms with Crippen LogP contribution in [0.25, 0.3) is 22.4 Å². The van der Waals surface area contributed by atoms with Crippen LogP contribution < -0.4 is 16.2 Å². The van der Waals surface area contributed by atoms with Gasteiger partial charge in [-0.15, -0.1) is 10.2 Å². The summed E-state index contributed by atoms with van der Waals surface area (Å²) in [5.41, 5.74) is 0.613. The second kappa shape index (κ2) is 8.71. The molecule has 3 aromatic rings. The van der Waals surface area contributed by atoms with Gasteiger partial charge in [0, 0.05) is 41.0 Å². The lowest BCUT2D eigenvalue weighted by atomic mass is 9.80. The van der Waals surface area contributed by atoms with Crippen LogP contribution in [-0.4, -0.2) is 37.5 Å². The Morgan fingerprint density at radius 2 is 1.86 bits per heavy atom. The maximum Gasteiger partial charge on any atom is 0.253 e. The average Bonchev–Trinajstić information content (AvgIpc) is 3.06. The van der Waals surface area contributed by atoms with Crippen LogP contribution in [0.5, 0.6) is 5.75 Å². The standard InChI is InChI=1S/C26H29F2N5O2/c1-25-6-7-26(2,32-25)13-16(12-25)14-29-23-4-3-21(30-31-23)19-10-20(28)18(11-22(19)34)17-5-8-33(15-27)24(35)9-17/h3-5,8-11,16,32,34H,6-7,12-15H2,1-2H3,(H,29,31). The summed E-state index contributed by atoms with van der Waals surface area (Å²) in [5, 5.41) is 26.1. The van der Waals surface area contributed by atoms with Gasteiger partial charge in [-0.1, -0.05) is 0 Å². The fourth-order valence-corrected chi connectivity index (χ4v) is 5.78. The Labute approximate surface area is 202 Å². The average molecular weight is 482 g/mol. The maximum absolute atomic E-state index is 14.9. The van der Waals surface area contributed by atoms with E-state index >= 15 is 0 Å². The van der Waals surface area contributed by atoms with Crippen LogP contribution in [0.4, 0.5) is 14.6 Å². The molecule has 184 valence electrons. The molecule has 2 saturated heterocycles. The van der Waals surface area contributed by atoms with Crippen molar-refractivity contribution in [2.24, 2.45) is 5.92 Å². The summed E-state index contributed by atoms with van der Waals surface area (Å²) >= 11 is 0. The number of alkyl halides is 1. The van der Waals surface area contributed by atoms with E-state index in [0.717, 1.165) is 36.1 Å². The summed E-state index contributed by atoms with van der Waals surface area (Å²) in [7, 11) is 0. The van der Waals surface area contributed by atoms with Gasteiger partial charge in [0.2, 0.25) is 0 Å². The number of aromatic hydroxyl groups is 1. The molecule has 0 spiro atoms. The van der Waals surface area contributed by atoms with Crippen molar-refractivity contribution in [2.75, 3.05) is 11.9 Å². The van der Waals surface area contributed by atoms with Gasteiger partial charge in [-0.2, -0.15) is 0 Å². The zero-order valence-corrected chi connectivity index (χ0v) is 19.8. The van der Waals surface area contributed by atoms with E-state index in [1.165, 1.54) is 31.2 Å². The minimum absolute atomic E-state index is 0.0407. The van der Waals surface area contributed by atoms with Gasteiger partial charge in [0.05, 0.1) is 5.69 Å². The molecule has 2 unspecified atom stereocenters. The first kappa shape index (κ1) is 23.4. The summed E-state index contributed by atoms with van der Waals surface area (Å²) < 4.78 is 28.5. The minimum atomic E-state index is -0.966. The lowest BCUT2D eigenvalue weighted by molar-refractivity contribution is 0.178. The Balaban J connectivity index is 1.30. The summed E-state index contributed by atoms with van der Waals surface area (Å²) in [4.78, 5) is 11.9. The molecule has 1 aromatic carbocycles. The monoisotopic (exact) mass is 481 g/mol. The van der Waals surface area contributed by atoms with Crippen LogP contribution in [-0.2, 0) is 6.80 Å². The molecule has 4 heterocycles. The van der Waals surface area contributed by atoms with E-state index in [9.17, 15) is 18.7 Å². The number of phenolic OH excluding ortho intramolecular Hbond substituents is 1. The van der Waals surface area contributed by atoms with E-state index in [-0.39, 0.29) is 33.5 Å². The molecule has 0 aliphatic carbocycles. The van der Waals surface area contributed by atoms with Crippen molar-refractivity contribution in [3.8, 4) is 28.1 Å². The Morgan fingerprint density at radius 3 is 2.49 bits per heavy atom. The number of rotatable bonds is 6. The van der Waals surface area contributed by atoms with Crippen LogP contribution in [0, 0.1) is 11.7 Å². The molecular formula is C26H29F2N5O2. The summed E-state index contributed by atoms with van der Waals surface area (Å²) in [5.74, 6) is 0.326. The number of nitrogens with one attached hydrogen (secondary N) is 2. The molecule has 2 atom stereocenters. The number of hydrogen-bond acceptors (Lipinski definition) is 6. The highest BCUT2D eigenvalue weighted by atomic mass is 19.1. The quantitative estimate of drug-likeness (QED) is 0.481. The predicted octanol–water partition coefficient (Wildman–Crippen LogP) is 4.47. The molecule has 3 N–H and O–H groups in total. The lowest BCUT2D eigenvalue weighted by Gasteiger charge is -2.42. The van der Waals surface area contributed by atoms with Gasteiger partial charge in [0.25, 0.3) is 5.56 Å². The van der Waals surface area contributed by atoms with Crippen molar-refractivity contribution >= 4 is 5.82 Å². The van der Waals surface area contributed by atoms with E-state index in [1.807, 2.05) is 0 Å². The third-order valence-electron chi connectivity index (χ3n) is 7.34. The molecule has 35 heavy (non-hydrogen) atoms. The molecule has 2 aliphatic rings. The number of piperidine rings is 1. The van der Waals surface area contributed by atoms with Crippen LogP contribution in [0.15, 0.2) is 47.4 Å². The number of pyridine rings is 1. The molecule has 2 fully saturated rings. The van der Waals surface area contributed by atoms with Gasteiger partial charge in [-0.25, -0.2) is 8.78 Å². The molecule has 0 amide bonds. The highest BCUT2D eigenvalue weighted by Gasteiger charge is 2.48. The highest BCUT2D eigenvalue weighted by Crippen LogP contribution is 2.44. The van der Waals surface area contributed by atoms with Crippen LogP contribution >= 0.6 is 0 Å². The zero-order valence-electron chi connectivity index (χ0n) is 19.8. The molecule has 0 radical (unpaired) electrons. The van der Waals surface area contributed by atoms with E-state index in [4.69, 9.17) is 0 Å². The maximum atomic E-state index is 14.9. The molecule has 5 rings (SSSR count). The molecule has 2 aromatic heterocycles. The highest BCUT2D eigenvalue weighted by molar-refractivity contribution is 5.74. The van der Waals surface area contributed by atoms with Gasteiger partial charge in [0.1, 0.15) is 17.4 Å². The molecule has 0 saturated carbocycles. The van der Waals surface area contributed by atoms with Gasteiger partial charge in [-0.05, 0) is 81.3 Å². The van der Waals surface area contributed by atoms with E-state index in [2.05, 4.69) is 34.7 Å². The number of hydrogen-bond donors (Lipinski definition) is 3. The molecule has 2 aliphatic heterocycles. The van der Waals surface area contributed by atoms with Gasteiger partial charge in [0.15, 0.2) is 6.80 Å². The minimum Gasteiger partial charge on any atom is -0.507 e. The fraction of sp³-hybridized carbons (Fsp3) is 0.423. The van der Waals surface area contributed by atoms with Crippen molar-refractivity contribution in [3.05, 3.63) is 58.8 Å². The first-order valence-electron chi connectivity index (χ1n) is 11.8. The topological polar surface area (TPSA) is 92.1 Å². The lowest BCUT2D eigenvalue weighted by Crippen LogP contribution is -2.54. The Morgan fingerprint density at radius 1 is 1.11 bits per heavy atom. The Hall–Kier alpha value is -3.33. The SMILES string of the molecule is CC12CCC(C)(CC(CNc3ccc(-c4cc(F)c(-c5ccn(CF)c(=O)c5)cc4O)nn3)C1)N2. The predicted molar refractivity (Wildman–Crippen MR) is 130 cm³/mol. The van der Waals surface area contributed by atoms with Crippen LogP contribution in [0.1, 0.15) is 39.5 Å². The number of phenols is 1. The molecule has 9 heteroatoms. The second-order valence-electron chi connectivity index (χ2n) is 10.4. The zero-order chi connectivity index (χ0) is 24.8. The van der Waals surface area contributed by atoms with Gasteiger partial charge < -0.3 is 15.7 Å². The largest absolute Gasteiger partial charge is 0.507 e. The van der Waals surface area contributed by atoms with Gasteiger partial charge >= 0.3 is 0 Å². The van der Waals surface area contributed by atoms with Crippen molar-refractivity contribution in [1.29, 1.82) is 0 Å². The van der Waals surface area contributed by atoms with E-state index in [1.54, 1.807) is 12.1 Å². The Kier molecular flexibility index (Phi) is 5.83. The smallest absolute Gasteiger partial charge is 0.253 e. The Bertz CT molecular complexity index is 1290. The summed E-state index contributed by atoms with van der Waals surface area (Å²) in [6, 6.07) is 8.40. The van der Waals surface area contributed by atoms with Crippen LogP contribution in [0.2, 0.25) is 0 Å². The summed E-state index contributed by atoms with van der Waals surface area (Å²) in [6.07, 6.45) is 5.88. The van der Waals surface area contributed by atoms with E-state index < -0.39 is 18.2 Å². The van der Waals surface area contributed by atoms with E-state index in [0.29, 0.717) is 17.4 Å². The normalized spacial score (nSPS) is 25.5. The number of benzene rings is 1. The van der Waals surface area contributed by atoms with Crippen molar-refractivity contribution in [3.63, 3.8) is 0 Å². The van der Waals surface area contributed by atoms with Crippen molar-refractivity contribution in [2.45, 2.75) is 57.4 Å². The second-order valence-corrected chi connectivity index (χ2v) is 10.4. The molecule has 2 bridgehead atoms. The number of anilines is 1. The van der Waals surface area contributed by atoms with Crippen molar-refractivity contribution < 1.29 is 13.9 Å². The number of aromatic nitrogens is 3. The molecule has 7 nitrogen and oxygen atoms in total. The van der Waals surface area contributed by atoms with Crippen LogP contribution in [0.3, 0.4) is 0 Å². The van der Waals surface area contributed by atoms with Crippen molar-refractivity contribution in [1.82, 2.24) is 20.1 Å². The molecular weight excluding hydrogens is 452 g/mol. The summed E-state index contributed by atoms with van der Waals surface area (Å²) in [6.45, 7) is 4.43. The number of halogens is 2. The first-order chi connectivity index (χ1) is 16.7. The van der Waals surface area contributed by atoms with Gasteiger partial charge in [-0.3, -0.25) is 9.36 Å². The third-order valence-corrected chi connectivity index (χ3v) is 7.34. The number of nitrogens with zero attached hydrogens (tertiary/aromatic N) is 3. The first-order valence-corrected chi connectivity index (χ1v) is 11.8. The third kappa shape index (κ3) is 4.65. The number of fused-ring (bicyclic) bond motifs is 2. The fourth-order valence-electron chi connectivity index (χ4n) is 5.78.